The summed E-state index contributed by atoms with van der Waals surface area (Å²) in [5.41, 5.74) is 0.991. The summed E-state index contributed by atoms with van der Waals surface area (Å²) in [5, 5.41) is 3.89. The second kappa shape index (κ2) is 4.80. The first-order valence-corrected chi connectivity index (χ1v) is 5.92. The number of benzene rings is 1. The maximum Gasteiger partial charge on any atom is 0.216 e. The highest BCUT2D eigenvalue weighted by atomic mass is 35.5. The van der Waals surface area contributed by atoms with Crippen LogP contribution >= 0.6 is 23.8 Å². The van der Waals surface area contributed by atoms with Gasteiger partial charge in [-0.25, -0.2) is 0 Å². The molecule has 0 bridgehead atoms. The molecule has 0 saturated carbocycles. The molecule has 1 aromatic carbocycles. The molecule has 0 fully saturated rings. The van der Waals surface area contributed by atoms with Gasteiger partial charge in [0.15, 0.2) is 5.82 Å². The molecule has 0 saturated heterocycles. The van der Waals surface area contributed by atoms with Crippen LogP contribution in [0.25, 0.3) is 11.4 Å². The van der Waals surface area contributed by atoms with Crippen LogP contribution in [-0.4, -0.2) is 14.8 Å². The summed E-state index contributed by atoms with van der Waals surface area (Å²) in [6, 6.07) is 7.53. The monoisotopic (exact) mass is 253 g/mol. The zero-order chi connectivity index (χ0) is 11.5. The van der Waals surface area contributed by atoms with E-state index >= 15 is 0 Å². The molecule has 1 heterocycles. The molecular weight excluding hydrogens is 242 g/mol. The summed E-state index contributed by atoms with van der Waals surface area (Å²) in [6.07, 6.45) is 1.02. The first-order chi connectivity index (χ1) is 7.70. The molecule has 5 heteroatoms. The van der Waals surface area contributed by atoms with Crippen LogP contribution in [0.4, 0.5) is 0 Å². The second-order valence-electron chi connectivity index (χ2n) is 3.51. The van der Waals surface area contributed by atoms with Crippen LogP contribution in [0, 0.1) is 4.77 Å². The minimum Gasteiger partial charge on any atom is -0.279 e. The molecule has 0 atom stereocenters. The van der Waals surface area contributed by atoms with Crippen LogP contribution in [0.2, 0.25) is 5.02 Å². The van der Waals surface area contributed by atoms with Crippen molar-refractivity contribution < 1.29 is 0 Å². The van der Waals surface area contributed by atoms with E-state index in [4.69, 9.17) is 23.8 Å². The minimum atomic E-state index is 0.590. The Kier molecular flexibility index (Phi) is 3.41. The lowest BCUT2D eigenvalue weighted by Gasteiger charge is -1.98. The molecule has 0 unspecified atom stereocenters. The van der Waals surface area contributed by atoms with E-state index in [0.717, 1.165) is 29.4 Å². The van der Waals surface area contributed by atoms with Gasteiger partial charge >= 0.3 is 0 Å². The Bertz CT molecular complexity index is 527. The van der Waals surface area contributed by atoms with Gasteiger partial charge in [0, 0.05) is 17.1 Å². The van der Waals surface area contributed by atoms with E-state index in [-0.39, 0.29) is 0 Å². The fourth-order valence-electron chi connectivity index (χ4n) is 1.47. The van der Waals surface area contributed by atoms with Gasteiger partial charge in [-0.1, -0.05) is 18.5 Å². The van der Waals surface area contributed by atoms with Gasteiger partial charge in [-0.15, -0.1) is 0 Å². The number of aromatic amines is 1. The van der Waals surface area contributed by atoms with Crippen molar-refractivity contribution in [1.29, 1.82) is 0 Å². The zero-order valence-corrected chi connectivity index (χ0v) is 10.5. The van der Waals surface area contributed by atoms with Crippen LogP contribution in [-0.2, 0) is 6.54 Å². The molecule has 2 rings (SSSR count). The van der Waals surface area contributed by atoms with Crippen molar-refractivity contribution in [2.24, 2.45) is 0 Å². The van der Waals surface area contributed by atoms with E-state index in [1.165, 1.54) is 0 Å². The lowest BCUT2D eigenvalue weighted by Crippen LogP contribution is -1.98. The average Bonchev–Trinajstić information content (AvgIpc) is 2.62. The summed E-state index contributed by atoms with van der Waals surface area (Å²) >= 11 is 11.0. The third kappa shape index (κ3) is 2.33. The van der Waals surface area contributed by atoms with Gasteiger partial charge in [-0.05, 0) is 42.9 Å². The van der Waals surface area contributed by atoms with Crippen molar-refractivity contribution in [3.8, 4) is 11.4 Å². The van der Waals surface area contributed by atoms with Crippen LogP contribution < -0.4 is 0 Å². The van der Waals surface area contributed by atoms with E-state index in [1.807, 2.05) is 28.9 Å². The summed E-state index contributed by atoms with van der Waals surface area (Å²) < 4.78 is 2.46. The van der Waals surface area contributed by atoms with Crippen LogP contribution in [0.5, 0.6) is 0 Å². The highest BCUT2D eigenvalue weighted by Gasteiger charge is 2.03. The van der Waals surface area contributed by atoms with Crippen molar-refractivity contribution in [3.63, 3.8) is 0 Å². The Balaban J connectivity index is 2.37. The number of nitrogens with zero attached hydrogens (tertiary/aromatic N) is 2. The number of hydrogen-bond donors (Lipinski definition) is 1. The third-order valence-electron chi connectivity index (χ3n) is 2.24. The Morgan fingerprint density at radius 3 is 2.69 bits per heavy atom. The highest BCUT2D eigenvalue weighted by Crippen LogP contribution is 2.17. The SMILES string of the molecule is CCCn1[nH]c(-c2ccc(Cl)cc2)nc1=S. The van der Waals surface area contributed by atoms with Gasteiger partial charge in [-0.2, -0.15) is 4.98 Å². The molecule has 1 aromatic heterocycles. The lowest BCUT2D eigenvalue weighted by molar-refractivity contribution is 0.595. The standard InChI is InChI=1S/C11H12ClN3S/c1-2-7-15-11(16)13-10(14-15)8-3-5-9(12)6-4-8/h3-6H,2,7H2,1H3,(H,13,14,16). The van der Waals surface area contributed by atoms with Gasteiger partial charge in [-0.3, -0.25) is 9.78 Å². The Labute approximate surface area is 104 Å². The molecule has 16 heavy (non-hydrogen) atoms. The van der Waals surface area contributed by atoms with Crippen LogP contribution in [0.1, 0.15) is 13.3 Å². The number of nitrogens with one attached hydrogen (secondary N) is 1. The third-order valence-corrected chi connectivity index (χ3v) is 2.81. The summed E-state index contributed by atoms with van der Waals surface area (Å²) in [7, 11) is 0. The van der Waals surface area contributed by atoms with Gasteiger partial charge in [0.25, 0.3) is 0 Å². The van der Waals surface area contributed by atoms with Crippen LogP contribution in [0.15, 0.2) is 24.3 Å². The van der Waals surface area contributed by atoms with Crippen molar-refractivity contribution in [3.05, 3.63) is 34.1 Å². The Hall–Kier alpha value is -1.13. The molecule has 0 amide bonds. The Morgan fingerprint density at radius 1 is 1.38 bits per heavy atom. The normalized spacial score (nSPS) is 10.6. The highest BCUT2D eigenvalue weighted by molar-refractivity contribution is 7.71. The Morgan fingerprint density at radius 2 is 2.06 bits per heavy atom. The molecule has 0 aliphatic carbocycles. The molecule has 1 N–H and O–H groups in total. The number of hydrogen-bond acceptors (Lipinski definition) is 2. The minimum absolute atomic E-state index is 0.590. The number of rotatable bonds is 3. The summed E-state index contributed by atoms with van der Waals surface area (Å²) in [5.74, 6) is 0.787. The molecule has 2 aromatic rings. The van der Waals surface area contributed by atoms with E-state index in [0.29, 0.717) is 4.77 Å². The second-order valence-corrected chi connectivity index (χ2v) is 4.31. The van der Waals surface area contributed by atoms with Gasteiger partial charge < -0.3 is 0 Å². The largest absolute Gasteiger partial charge is 0.279 e. The predicted octanol–water partition coefficient (Wildman–Crippen LogP) is 3.67. The lowest BCUT2D eigenvalue weighted by atomic mass is 10.2. The average molecular weight is 254 g/mol. The summed E-state index contributed by atoms with van der Waals surface area (Å²) in [4.78, 5) is 4.31. The number of aryl methyl sites for hydroxylation is 1. The van der Waals surface area contributed by atoms with E-state index < -0.39 is 0 Å². The van der Waals surface area contributed by atoms with Crippen molar-refractivity contribution in [2.75, 3.05) is 0 Å². The first-order valence-electron chi connectivity index (χ1n) is 5.13. The number of H-pyrrole nitrogens is 1. The smallest absolute Gasteiger partial charge is 0.216 e. The topological polar surface area (TPSA) is 33.6 Å². The van der Waals surface area contributed by atoms with E-state index in [9.17, 15) is 0 Å². The van der Waals surface area contributed by atoms with E-state index in [1.54, 1.807) is 0 Å². The molecule has 0 radical (unpaired) electrons. The van der Waals surface area contributed by atoms with Crippen molar-refractivity contribution >= 4 is 23.8 Å². The van der Waals surface area contributed by atoms with Crippen molar-refractivity contribution in [2.45, 2.75) is 19.9 Å². The molecule has 84 valence electrons. The fraction of sp³-hybridized carbons (Fsp3) is 0.273. The number of aromatic nitrogens is 3. The van der Waals surface area contributed by atoms with E-state index in [2.05, 4.69) is 17.0 Å². The van der Waals surface area contributed by atoms with Gasteiger partial charge in [0.2, 0.25) is 4.77 Å². The van der Waals surface area contributed by atoms with Crippen molar-refractivity contribution in [1.82, 2.24) is 14.8 Å². The molecule has 0 spiro atoms. The first kappa shape index (κ1) is 11.4. The fourth-order valence-corrected chi connectivity index (χ4v) is 1.82. The van der Waals surface area contributed by atoms with Gasteiger partial charge in [0.1, 0.15) is 0 Å². The molecule has 0 aliphatic heterocycles. The van der Waals surface area contributed by atoms with Crippen LogP contribution in [0.3, 0.4) is 0 Å². The van der Waals surface area contributed by atoms with Gasteiger partial charge in [0.05, 0.1) is 0 Å². The molecule has 0 aliphatic rings. The molecule has 3 nitrogen and oxygen atoms in total. The number of halogens is 1. The zero-order valence-electron chi connectivity index (χ0n) is 8.90. The predicted molar refractivity (Wildman–Crippen MR) is 68.1 cm³/mol. The molecular formula is C11H12ClN3S. The maximum absolute atomic E-state index is 5.83. The maximum atomic E-state index is 5.83. The quantitative estimate of drug-likeness (QED) is 0.847. The summed E-state index contributed by atoms with van der Waals surface area (Å²) in [6.45, 7) is 2.96.